The van der Waals surface area contributed by atoms with E-state index in [9.17, 15) is 4.79 Å². The highest BCUT2D eigenvalue weighted by atomic mass is 32.1. The average molecular weight is 327 g/mol. The second kappa shape index (κ2) is 6.62. The van der Waals surface area contributed by atoms with Crippen molar-refractivity contribution in [2.24, 2.45) is 7.05 Å². The van der Waals surface area contributed by atoms with Gasteiger partial charge in [-0.15, -0.1) is 11.3 Å². The first kappa shape index (κ1) is 15.2. The maximum absolute atomic E-state index is 12.0. The van der Waals surface area contributed by atoms with E-state index in [1.54, 1.807) is 24.0 Å². The zero-order valence-electron chi connectivity index (χ0n) is 12.9. The lowest BCUT2D eigenvalue weighted by Gasteiger charge is -2.11. The van der Waals surface area contributed by atoms with Gasteiger partial charge in [0.05, 0.1) is 11.7 Å². The normalized spacial score (nSPS) is 11.9. The molecule has 0 unspecified atom stereocenters. The number of carbonyl (C=O) groups excluding carboxylic acids is 1. The standard InChI is InChI=1S/C16H17N5OS/c1-11(17-16(22)19-14-8-9-21(2)20-14)15-18-13(10-23-15)12-6-4-3-5-7-12/h3-11H,1-2H3,(H2,17,19,20,22)/t11-/m1/s1. The first-order chi connectivity index (χ1) is 11.1. The van der Waals surface area contributed by atoms with Gasteiger partial charge in [0.1, 0.15) is 5.01 Å². The molecule has 0 saturated heterocycles. The second-order valence-corrected chi connectivity index (χ2v) is 6.02. The smallest absolute Gasteiger partial charge is 0.321 e. The molecule has 0 fully saturated rings. The molecule has 6 nitrogen and oxygen atoms in total. The zero-order chi connectivity index (χ0) is 16.2. The molecule has 1 atom stereocenters. The maximum Gasteiger partial charge on any atom is 0.321 e. The Hall–Kier alpha value is -2.67. The van der Waals surface area contributed by atoms with E-state index in [1.165, 1.54) is 11.3 Å². The van der Waals surface area contributed by atoms with Crippen LogP contribution in [0.25, 0.3) is 11.3 Å². The predicted octanol–water partition coefficient (Wildman–Crippen LogP) is 3.43. The fourth-order valence-electron chi connectivity index (χ4n) is 2.12. The van der Waals surface area contributed by atoms with Crippen molar-refractivity contribution >= 4 is 23.2 Å². The summed E-state index contributed by atoms with van der Waals surface area (Å²) in [7, 11) is 1.80. The van der Waals surface area contributed by atoms with Gasteiger partial charge in [0, 0.05) is 30.3 Å². The SMILES string of the molecule is C[C@@H](NC(=O)Nc1ccn(C)n1)c1nc(-c2ccccc2)cs1. The van der Waals surface area contributed by atoms with Crippen molar-refractivity contribution < 1.29 is 4.79 Å². The molecule has 7 heteroatoms. The van der Waals surface area contributed by atoms with Gasteiger partial charge in [0.15, 0.2) is 5.82 Å². The highest BCUT2D eigenvalue weighted by Crippen LogP contribution is 2.25. The third-order valence-electron chi connectivity index (χ3n) is 3.26. The van der Waals surface area contributed by atoms with E-state index in [2.05, 4.69) is 20.7 Å². The number of aromatic nitrogens is 3. The molecule has 3 aromatic rings. The van der Waals surface area contributed by atoms with E-state index >= 15 is 0 Å². The van der Waals surface area contributed by atoms with Crippen molar-refractivity contribution in [2.75, 3.05) is 5.32 Å². The summed E-state index contributed by atoms with van der Waals surface area (Å²) in [6.45, 7) is 1.91. The number of thiazole rings is 1. The van der Waals surface area contributed by atoms with Crippen LogP contribution >= 0.6 is 11.3 Å². The fourth-order valence-corrected chi connectivity index (χ4v) is 2.96. The molecule has 0 saturated carbocycles. The first-order valence-electron chi connectivity index (χ1n) is 7.20. The first-order valence-corrected chi connectivity index (χ1v) is 8.08. The fraction of sp³-hybridized carbons (Fsp3) is 0.188. The van der Waals surface area contributed by atoms with Gasteiger partial charge >= 0.3 is 6.03 Å². The number of rotatable bonds is 4. The van der Waals surface area contributed by atoms with Crippen LogP contribution in [0.1, 0.15) is 18.0 Å². The van der Waals surface area contributed by atoms with Crippen molar-refractivity contribution in [3.8, 4) is 11.3 Å². The summed E-state index contributed by atoms with van der Waals surface area (Å²) in [5.74, 6) is 0.515. The Morgan fingerprint density at radius 1 is 1.26 bits per heavy atom. The van der Waals surface area contributed by atoms with E-state index in [1.807, 2.05) is 42.6 Å². The number of hydrogen-bond acceptors (Lipinski definition) is 4. The van der Waals surface area contributed by atoms with Gasteiger partial charge in [0.2, 0.25) is 0 Å². The number of aryl methyl sites for hydroxylation is 1. The number of urea groups is 1. The molecule has 2 N–H and O–H groups in total. The lowest BCUT2D eigenvalue weighted by Crippen LogP contribution is -2.31. The average Bonchev–Trinajstić information content (AvgIpc) is 3.17. The number of anilines is 1. The van der Waals surface area contributed by atoms with Crippen LogP contribution in [-0.4, -0.2) is 20.8 Å². The molecule has 1 aromatic carbocycles. The van der Waals surface area contributed by atoms with Gasteiger partial charge < -0.3 is 5.32 Å². The Kier molecular flexibility index (Phi) is 4.38. The Labute approximate surface area is 138 Å². The van der Waals surface area contributed by atoms with Gasteiger partial charge in [0.25, 0.3) is 0 Å². The monoisotopic (exact) mass is 327 g/mol. The third kappa shape index (κ3) is 3.75. The van der Waals surface area contributed by atoms with E-state index in [0.717, 1.165) is 16.3 Å². The molecule has 0 aliphatic heterocycles. The van der Waals surface area contributed by atoms with Gasteiger partial charge in [-0.25, -0.2) is 9.78 Å². The maximum atomic E-state index is 12.0. The summed E-state index contributed by atoms with van der Waals surface area (Å²) in [5, 5.41) is 12.5. The molecule has 0 aliphatic carbocycles. The van der Waals surface area contributed by atoms with Gasteiger partial charge in [-0.2, -0.15) is 5.10 Å². The van der Waals surface area contributed by atoms with Crippen LogP contribution in [0.3, 0.4) is 0 Å². The molecule has 23 heavy (non-hydrogen) atoms. The minimum Gasteiger partial charge on any atom is -0.329 e. The lowest BCUT2D eigenvalue weighted by atomic mass is 10.2. The minimum atomic E-state index is -0.298. The lowest BCUT2D eigenvalue weighted by molar-refractivity contribution is 0.249. The zero-order valence-corrected chi connectivity index (χ0v) is 13.7. The topological polar surface area (TPSA) is 71.8 Å². The minimum absolute atomic E-state index is 0.179. The summed E-state index contributed by atoms with van der Waals surface area (Å²) < 4.78 is 1.63. The molecular weight excluding hydrogens is 310 g/mol. The molecule has 0 radical (unpaired) electrons. The van der Waals surface area contributed by atoms with Crippen molar-refractivity contribution in [1.29, 1.82) is 0 Å². The van der Waals surface area contributed by atoms with Crippen molar-refractivity contribution in [1.82, 2.24) is 20.1 Å². The van der Waals surface area contributed by atoms with Crippen LogP contribution in [0.15, 0.2) is 48.0 Å². The van der Waals surface area contributed by atoms with Crippen molar-refractivity contribution in [3.63, 3.8) is 0 Å². The second-order valence-electron chi connectivity index (χ2n) is 5.13. The van der Waals surface area contributed by atoms with Crippen molar-refractivity contribution in [2.45, 2.75) is 13.0 Å². The molecule has 118 valence electrons. The molecule has 2 amide bonds. The number of nitrogens with zero attached hydrogens (tertiary/aromatic N) is 3. The summed E-state index contributed by atoms with van der Waals surface area (Å²) >= 11 is 1.53. The molecule has 0 bridgehead atoms. The Morgan fingerprint density at radius 3 is 2.74 bits per heavy atom. The number of benzene rings is 1. The summed E-state index contributed by atoms with van der Waals surface area (Å²) in [6, 6.07) is 11.2. The van der Waals surface area contributed by atoms with E-state index < -0.39 is 0 Å². The van der Waals surface area contributed by atoms with Crippen LogP contribution in [0.2, 0.25) is 0 Å². The summed E-state index contributed by atoms with van der Waals surface area (Å²) in [6.07, 6.45) is 1.77. The predicted molar refractivity (Wildman–Crippen MR) is 91.3 cm³/mol. The van der Waals surface area contributed by atoms with Gasteiger partial charge in [-0.05, 0) is 6.92 Å². The summed E-state index contributed by atoms with van der Waals surface area (Å²) in [4.78, 5) is 16.6. The highest BCUT2D eigenvalue weighted by Gasteiger charge is 2.14. The Balaban J connectivity index is 1.63. The Morgan fingerprint density at radius 2 is 2.04 bits per heavy atom. The van der Waals surface area contributed by atoms with E-state index in [-0.39, 0.29) is 12.1 Å². The molecule has 3 rings (SSSR count). The van der Waals surface area contributed by atoms with Crippen LogP contribution in [-0.2, 0) is 7.05 Å². The molecule has 2 heterocycles. The molecular formula is C16H17N5OS. The molecule has 2 aromatic heterocycles. The molecule has 0 aliphatic rings. The number of amides is 2. The summed E-state index contributed by atoms with van der Waals surface area (Å²) in [5.41, 5.74) is 1.99. The number of nitrogens with one attached hydrogen (secondary N) is 2. The number of hydrogen-bond donors (Lipinski definition) is 2. The number of carbonyl (C=O) groups is 1. The van der Waals surface area contributed by atoms with Gasteiger partial charge in [-0.3, -0.25) is 10.00 Å². The van der Waals surface area contributed by atoms with E-state index in [4.69, 9.17) is 0 Å². The quantitative estimate of drug-likeness (QED) is 0.771. The van der Waals surface area contributed by atoms with Crippen molar-refractivity contribution in [3.05, 3.63) is 53.0 Å². The van der Waals surface area contributed by atoms with Crippen LogP contribution in [0, 0.1) is 0 Å². The Bertz CT molecular complexity index is 796. The largest absolute Gasteiger partial charge is 0.329 e. The van der Waals surface area contributed by atoms with E-state index in [0.29, 0.717) is 5.82 Å². The van der Waals surface area contributed by atoms with Gasteiger partial charge in [-0.1, -0.05) is 30.3 Å². The highest BCUT2D eigenvalue weighted by molar-refractivity contribution is 7.10. The van der Waals surface area contributed by atoms with Crippen LogP contribution in [0.4, 0.5) is 10.6 Å². The molecule has 0 spiro atoms. The van der Waals surface area contributed by atoms with Crippen LogP contribution < -0.4 is 10.6 Å². The van der Waals surface area contributed by atoms with Crippen LogP contribution in [0.5, 0.6) is 0 Å². The third-order valence-corrected chi connectivity index (χ3v) is 4.29.